The molecule has 1 aromatic carbocycles. The van der Waals surface area contributed by atoms with Gasteiger partial charge in [0.25, 0.3) is 0 Å². The number of carbonyl (C=O) groups excluding carboxylic acids is 1. The molecular formula is C10H7F3N2O. The Morgan fingerprint density at radius 1 is 1.31 bits per heavy atom. The van der Waals surface area contributed by atoms with E-state index in [-0.39, 0.29) is 0 Å². The van der Waals surface area contributed by atoms with Crippen molar-refractivity contribution in [1.29, 1.82) is 5.26 Å². The van der Waals surface area contributed by atoms with Crippen molar-refractivity contribution in [1.82, 2.24) is 5.32 Å². The van der Waals surface area contributed by atoms with E-state index in [0.29, 0.717) is 5.56 Å². The summed E-state index contributed by atoms with van der Waals surface area (Å²) in [6, 6.07) is 8.01. The molecular weight excluding hydrogens is 221 g/mol. The number of amides is 1. The van der Waals surface area contributed by atoms with E-state index in [1.54, 1.807) is 29.6 Å². The Morgan fingerprint density at radius 2 is 1.88 bits per heavy atom. The van der Waals surface area contributed by atoms with Gasteiger partial charge in [0, 0.05) is 0 Å². The smallest absolute Gasteiger partial charge is 0.329 e. The van der Waals surface area contributed by atoms with E-state index in [1.165, 1.54) is 12.1 Å². The van der Waals surface area contributed by atoms with Gasteiger partial charge in [-0.05, 0) is 5.56 Å². The first-order valence-corrected chi connectivity index (χ1v) is 4.27. The topological polar surface area (TPSA) is 52.9 Å². The summed E-state index contributed by atoms with van der Waals surface area (Å²) in [5, 5.41) is 10.3. The Kier molecular flexibility index (Phi) is 3.51. The summed E-state index contributed by atoms with van der Waals surface area (Å²) in [6.07, 6.45) is -4.98. The summed E-state index contributed by atoms with van der Waals surface area (Å²) in [7, 11) is 0. The highest BCUT2D eigenvalue weighted by molar-refractivity contribution is 5.82. The van der Waals surface area contributed by atoms with Crippen LogP contribution in [-0.4, -0.2) is 12.1 Å². The van der Waals surface area contributed by atoms with Crippen LogP contribution >= 0.6 is 0 Å². The third-order valence-corrected chi connectivity index (χ3v) is 1.79. The lowest BCUT2D eigenvalue weighted by molar-refractivity contribution is -0.174. The summed E-state index contributed by atoms with van der Waals surface area (Å²) in [4.78, 5) is 10.6. The van der Waals surface area contributed by atoms with Crippen molar-refractivity contribution in [3.8, 4) is 6.07 Å². The zero-order valence-corrected chi connectivity index (χ0v) is 7.95. The molecule has 84 valence electrons. The highest BCUT2D eigenvalue weighted by Crippen LogP contribution is 2.18. The maximum atomic E-state index is 11.9. The molecule has 0 bridgehead atoms. The number of halogens is 3. The van der Waals surface area contributed by atoms with E-state index in [2.05, 4.69) is 0 Å². The van der Waals surface area contributed by atoms with Crippen molar-refractivity contribution in [2.24, 2.45) is 0 Å². The second-order valence-electron chi connectivity index (χ2n) is 2.94. The van der Waals surface area contributed by atoms with Crippen molar-refractivity contribution in [2.45, 2.75) is 12.2 Å². The van der Waals surface area contributed by atoms with E-state index < -0.39 is 18.1 Å². The summed E-state index contributed by atoms with van der Waals surface area (Å²) in [5.41, 5.74) is 0.308. The SMILES string of the molecule is N#CC(NC(=O)C(F)(F)F)c1ccccc1. The number of carbonyl (C=O) groups is 1. The van der Waals surface area contributed by atoms with Crippen LogP contribution in [0.4, 0.5) is 13.2 Å². The Morgan fingerprint density at radius 3 is 2.31 bits per heavy atom. The van der Waals surface area contributed by atoms with Crippen molar-refractivity contribution >= 4 is 5.91 Å². The molecule has 0 spiro atoms. The number of alkyl halides is 3. The van der Waals surface area contributed by atoms with Gasteiger partial charge in [0.15, 0.2) is 0 Å². The van der Waals surface area contributed by atoms with Crippen LogP contribution in [0.2, 0.25) is 0 Å². The molecule has 0 saturated heterocycles. The van der Waals surface area contributed by atoms with Crippen molar-refractivity contribution < 1.29 is 18.0 Å². The van der Waals surface area contributed by atoms with Crippen LogP contribution in [0.25, 0.3) is 0 Å². The van der Waals surface area contributed by atoms with Crippen LogP contribution in [0.1, 0.15) is 11.6 Å². The molecule has 0 aliphatic carbocycles. The zero-order valence-electron chi connectivity index (χ0n) is 7.95. The highest BCUT2D eigenvalue weighted by Gasteiger charge is 2.39. The molecule has 0 fully saturated rings. The van der Waals surface area contributed by atoms with Gasteiger partial charge in [-0.1, -0.05) is 30.3 Å². The molecule has 1 atom stereocenters. The number of hydrogen-bond donors (Lipinski definition) is 1. The second-order valence-corrected chi connectivity index (χ2v) is 2.94. The second kappa shape index (κ2) is 4.66. The molecule has 6 heteroatoms. The zero-order chi connectivity index (χ0) is 12.2. The predicted molar refractivity (Wildman–Crippen MR) is 49.0 cm³/mol. The Bertz CT molecular complexity index is 408. The van der Waals surface area contributed by atoms with Gasteiger partial charge in [0.2, 0.25) is 0 Å². The Labute approximate surface area is 89.5 Å². The highest BCUT2D eigenvalue weighted by atomic mass is 19.4. The number of rotatable bonds is 2. The maximum absolute atomic E-state index is 11.9. The van der Waals surface area contributed by atoms with Crippen LogP contribution in [0.5, 0.6) is 0 Å². The Balaban J connectivity index is 2.80. The van der Waals surface area contributed by atoms with E-state index in [1.807, 2.05) is 0 Å². The van der Waals surface area contributed by atoms with Crippen molar-refractivity contribution in [2.75, 3.05) is 0 Å². The Hall–Kier alpha value is -2.03. The predicted octanol–water partition coefficient (Wildman–Crippen LogP) is 1.93. The van der Waals surface area contributed by atoms with Gasteiger partial charge in [-0.2, -0.15) is 18.4 Å². The van der Waals surface area contributed by atoms with Crippen molar-refractivity contribution in [3.63, 3.8) is 0 Å². The standard InChI is InChI=1S/C10H7F3N2O/c11-10(12,13)9(16)15-8(6-14)7-4-2-1-3-5-7/h1-5,8H,(H,15,16). The minimum Gasteiger partial charge on any atom is -0.329 e. The molecule has 16 heavy (non-hydrogen) atoms. The number of nitrogens with zero attached hydrogens (tertiary/aromatic N) is 1. The first kappa shape index (κ1) is 12.0. The van der Waals surface area contributed by atoms with Gasteiger partial charge in [0.1, 0.15) is 6.04 Å². The average Bonchev–Trinajstić information content (AvgIpc) is 2.25. The van der Waals surface area contributed by atoms with E-state index in [0.717, 1.165) is 0 Å². The fourth-order valence-corrected chi connectivity index (χ4v) is 1.05. The molecule has 0 aliphatic rings. The molecule has 0 aromatic heterocycles. The molecule has 1 rings (SSSR count). The minimum atomic E-state index is -4.98. The van der Waals surface area contributed by atoms with E-state index in [9.17, 15) is 18.0 Å². The largest absolute Gasteiger partial charge is 0.471 e. The first-order valence-electron chi connectivity index (χ1n) is 4.27. The van der Waals surface area contributed by atoms with Gasteiger partial charge in [-0.15, -0.1) is 0 Å². The first-order chi connectivity index (χ1) is 7.45. The quantitative estimate of drug-likeness (QED) is 0.840. The number of hydrogen-bond acceptors (Lipinski definition) is 2. The van der Waals surface area contributed by atoms with Crippen molar-refractivity contribution in [3.05, 3.63) is 35.9 Å². The summed E-state index contributed by atoms with van der Waals surface area (Å²) in [5.74, 6) is -2.12. The maximum Gasteiger partial charge on any atom is 0.471 e. The van der Waals surface area contributed by atoms with Crippen LogP contribution < -0.4 is 5.32 Å². The average molecular weight is 228 g/mol. The molecule has 3 nitrogen and oxygen atoms in total. The van der Waals surface area contributed by atoms with E-state index >= 15 is 0 Å². The van der Waals surface area contributed by atoms with Crippen LogP contribution in [0.15, 0.2) is 30.3 Å². The lowest BCUT2D eigenvalue weighted by Crippen LogP contribution is -2.38. The number of benzene rings is 1. The van der Waals surface area contributed by atoms with Gasteiger partial charge < -0.3 is 5.32 Å². The van der Waals surface area contributed by atoms with Crippen LogP contribution in [0.3, 0.4) is 0 Å². The fourth-order valence-electron chi connectivity index (χ4n) is 1.05. The minimum absolute atomic E-state index is 0.308. The van der Waals surface area contributed by atoms with Gasteiger partial charge >= 0.3 is 12.1 Å². The number of nitrogens with one attached hydrogen (secondary N) is 1. The molecule has 0 aliphatic heterocycles. The molecule has 0 heterocycles. The molecule has 1 aromatic rings. The summed E-state index contributed by atoms with van der Waals surface area (Å²) in [6.45, 7) is 0. The van der Waals surface area contributed by atoms with Crippen LogP contribution in [0, 0.1) is 11.3 Å². The van der Waals surface area contributed by atoms with E-state index in [4.69, 9.17) is 5.26 Å². The molecule has 0 radical (unpaired) electrons. The van der Waals surface area contributed by atoms with Gasteiger partial charge in [0.05, 0.1) is 6.07 Å². The lowest BCUT2D eigenvalue weighted by atomic mass is 10.1. The number of nitriles is 1. The van der Waals surface area contributed by atoms with Crippen LogP contribution in [-0.2, 0) is 4.79 Å². The molecule has 1 unspecified atom stereocenters. The third kappa shape index (κ3) is 2.98. The summed E-state index contributed by atoms with van der Waals surface area (Å²) < 4.78 is 35.8. The van der Waals surface area contributed by atoms with Gasteiger partial charge in [-0.25, -0.2) is 0 Å². The molecule has 0 saturated carbocycles. The molecule has 1 N–H and O–H groups in total. The summed E-state index contributed by atoms with van der Waals surface area (Å²) >= 11 is 0. The lowest BCUT2D eigenvalue weighted by Gasteiger charge is -2.13. The van der Waals surface area contributed by atoms with Gasteiger partial charge in [-0.3, -0.25) is 4.79 Å². The molecule has 1 amide bonds. The third-order valence-electron chi connectivity index (χ3n) is 1.79. The normalized spacial score (nSPS) is 12.6. The monoisotopic (exact) mass is 228 g/mol. The fraction of sp³-hybridized carbons (Fsp3) is 0.200.